The molecule has 0 aliphatic carbocycles. The third-order valence-electron chi connectivity index (χ3n) is 14.2. The van der Waals surface area contributed by atoms with Crippen molar-refractivity contribution in [2.45, 2.75) is 202 Å². The molecule has 0 bridgehead atoms. The van der Waals surface area contributed by atoms with Crippen LogP contribution in [-0.2, 0) is 55.2 Å². The van der Waals surface area contributed by atoms with E-state index in [1.54, 1.807) is 0 Å². The van der Waals surface area contributed by atoms with E-state index in [-0.39, 0.29) is 12.0 Å². The summed E-state index contributed by atoms with van der Waals surface area (Å²) < 4.78 is 36.6. The van der Waals surface area contributed by atoms with Crippen LogP contribution in [0.25, 0.3) is 0 Å². The van der Waals surface area contributed by atoms with Crippen molar-refractivity contribution in [2.75, 3.05) is 19.7 Å². The van der Waals surface area contributed by atoms with Crippen molar-refractivity contribution >= 4 is 57.7 Å². The second kappa shape index (κ2) is 31.3. The van der Waals surface area contributed by atoms with Crippen molar-refractivity contribution in [2.24, 2.45) is 11.7 Å². The van der Waals surface area contributed by atoms with Crippen LogP contribution < -0.4 is 36.5 Å². The van der Waals surface area contributed by atoms with Crippen LogP contribution >= 0.6 is 0 Å². The van der Waals surface area contributed by atoms with Gasteiger partial charge in [0.05, 0.1) is 37.4 Å². The first-order valence-electron chi connectivity index (χ1n) is 26.8. The number of hydrogen-bond acceptors (Lipinski definition) is 19. The van der Waals surface area contributed by atoms with E-state index in [0.29, 0.717) is 17.7 Å². The summed E-state index contributed by atoms with van der Waals surface area (Å²) in [6.45, 7) is 1.31. The number of aromatic hydroxyl groups is 1. The lowest BCUT2D eigenvalue weighted by Crippen LogP contribution is -2.64. The highest BCUT2D eigenvalue weighted by molar-refractivity contribution is 7.81. The fraction of sp³-hybridized carbons (Fsp3) is 0.720. The number of primary amides is 1. The molecule has 0 radical (unpaired) electrons. The number of nitrogens with zero attached hydrogens (tertiary/aromatic N) is 2. The Balaban J connectivity index is 1.69. The number of phenolic OH excluding ortho intramolecular Hbond substituents is 1. The second-order valence-electron chi connectivity index (χ2n) is 20.7. The summed E-state index contributed by atoms with van der Waals surface area (Å²) in [4.78, 5) is 112. The number of aliphatic hydroxyl groups is 7. The summed E-state index contributed by atoms with van der Waals surface area (Å²) in [5.74, 6) is -12.4. The zero-order chi connectivity index (χ0) is 58.7. The van der Waals surface area contributed by atoms with Gasteiger partial charge < -0.3 is 87.2 Å². The lowest BCUT2D eigenvalue weighted by molar-refractivity contribution is -0.148. The van der Waals surface area contributed by atoms with E-state index in [9.17, 15) is 92.2 Å². The van der Waals surface area contributed by atoms with E-state index in [2.05, 4.69) is 37.7 Å². The van der Waals surface area contributed by atoms with Gasteiger partial charge in [-0.15, -0.1) is 0 Å². The lowest BCUT2D eigenvalue weighted by atomic mass is 9.98. The third kappa shape index (κ3) is 20.1. The van der Waals surface area contributed by atoms with Crippen molar-refractivity contribution < 1.29 is 96.4 Å². The smallest absolute Gasteiger partial charge is 0.446 e. The average molecular weight is 1150 g/mol. The first-order chi connectivity index (χ1) is 37.3. The van der Waals surface area contributed by atoms with E-state index >= 15 is 0 Å². The zero-order valence-electron chi connectivity index (χ0n) is 44.5. The number of phenols is 1. The molecule has 1 aromatic rings. The van der Waals surface area contributed by atoms with Gasteiger partial charge in [-0.25, -0.2) is 0 Å². The summed E-state index contributed by atoms with van der Waals surface area (Å²) in [6, 6.07) is -9.25. The predicted molar refractivity (Wildman–Crippen MR) is 277 cm³/mol. The largest absolute Gasteiger partial charge is 0.504 e. The molecule has 0 aromatic heterocycles. The van der Waals surface area contributed by atoms with Gasteiger partial charge in [0.25, 0.3) is 0 Å². The molecular weight excluding hydrogens is 1060 g/mol. The minimum absolute atomic E-state index is 0.0933. The summed E-state index contributed by atoms with van der Waals surface area (Å²) in [6.07, 6.45) is -1.90. The van der Waals surface area contributed by atoms with Crippen LogP contribution in [0.15, 0.2) is 18.2 Å². The number of hydrogen-bond donors (Lipinski definition) is 15. The fourth-order valence-corrected chi connectivity index (χ4v) is 10.3. The molecule has 0 saturated carbocycles. The molecule has 8 amide bonds. The van der Waals surface area contributed by atoms with E-state index < -0.39 is 193 Å². The number of nitrogens with one attached hydrogen (secondary N) is 5. The number of rotatable bonds is 24. The lowest BCUT2D eigenvalue weighted by Gasteiger charge is -2.33. The Hall–Kier alpha value is -5.79. The summed E-state index contributed by atoms with van der Waals surface area (Å²) in [5.41, 5.74) is 5.20. The Bertz CT molecular complexity index is 2370. The average Bonchev–Trinajstić information content (AvgIpc) is 3.99. The standard InChI is InChI=1S/C50H80N8O20S/c1-3-4-5-6-7-8-9-10-11-12-13-14-15-16-39(66)52-30-22-36(64)46(70)56-48(72)42-43(67)27(2)24-58(42)50(74)41(35(63)23-38(51)65)55-47(71)40(34(62)19-28-17-18-33(61)37(20-28)78-79(75,76)77)54-45(69)32-21-29(60)25-57(32)49(73)31(26-59)53-44(30)68/h17-18,20,27,29-32,34-36,40-43,46,59-64,67,70H,3-16,19,21-26H2,1-2H3,(H2,51,65)(H,52,66)(H,53,68)(H,54,69)(H,55,71)(H,56,72)(H,75,76,77)/t27-,29-,30-,31-,32+,34+,35+,36+,40-,41+,42+,43+,46-/m0/s1. The van der Waals surface area contributed by atoms with Gasteiger partial charge in [0.1, 0.15) is 42.4 Å². The van der Waals surface area contributed by atoms with Crippen LogP contribution in [0.2, 0.25) is 0 Å². The van der Waals surface area contributed by atoms with Crippen molar-refractivity contribution in [1.82, 2.24) is 36.4 Å². The molecule has 29 heteroatoms. The maximum atomic E-state index is 14.5. The van der Waals surface area contributed by atoms with E-state index in [4.69, 9.17) is 5.73 Å². The molecule has 1 aromatic carbocycles. The van der Waals surface area contributed by atoms with Crippen LogP contribution in [0.4, 0.5) is 0 Å². The molecule has 3 fully saturated rings. The molecule has 28 nitrogen and oxygen atoms in total. The molecule has 3 heterocycles. The van der Waals surface area contributed by atoms with Crippen LogP contribution in [0, 0.1) is 5.92 Å². The van der Waals surface area contributed by atoms with Crippen molar-refractivity contribution in [3.05, 3.63) is 23.8 Å². The molecule has 3 saturated heterocycles. The van der Waals surface area contributed by atoms with E-state index in [1.165, 1.54) is 45.4 Å². The van der Waals surface area contributed by atoms with E-state index in [1.807, 2.05) is 0 Å². The van der Waals surface area contributed by atoms with Gasteiger partial charge in [-0.05, 0) is 24.1 Å². The topological polar surface area (TPSA) is 455 Å². The number of fused-ring (bicyclic) bond motifs is 2. The molecule has 3 aliphatic heterocycles. The normalized spacial score (nSPS) is 27.6. The fourth-order valence-electron chi connectivity index (χ4n) is 9.89. The van der Waals surface area contributed by atoms with Crippen molar-refractivity contribution in [1.29, 1.82) is 0 Å². The highest BCUT2D eigenvalue weighted by atomic mass is 32.3. The molecule has 13 atom stereocenters. The van der Waals surface area contributed by atoms with Crippen LogP contribution in [0.5, 0.6) is 11.5 Å². The van der Waals surface area contributed by atoms with E-state index in [0.717, 1.165) is 55.2 Å². The highest BCUT2D eigenvalue weighted by Crippen LogP contribution is 2.30. The predicted octanol–water partition coefficient (Wildman–Crippen LogP) is -3.50. The number of amides is 8. The van der Waals surface area contributed by atoms with Gasteiger partial charge in [0.15, 0.2) is 17.7 Å². The number of nitrogens with two attached hydrogens (primary N) is 1. The number of aliphatic hydroxyl groups excluding tert-OH is 7. The Kier molecular flexibility index (Phi) is 26.0. The van der Waals surface area contributed by atoms with Gasteiger partial charge >= 0.3 is 10.4 Å². The molecule has 3 aliphatic rings. The number of benzene rings is 1. The van der Waals surface area contributed by atoms with Crippen molar-refractivity contribution in [3.8, 4) is 11.5 Å². The summed E-state index contributed by atoms with van der Waals surface area (Å²) in [5, 5.41) is 99.3. The first kappa shape index (κ1) is 65.7. The van der Waals surface area contributed by atoms with Gasteiger partial charge in [0.2, 0.25) is 47.3 Å². The van der Waals surface area contributed by atoms with Crippen LogP contribution in [-0.4, -0.2) is 204 Å². The summed E-state index contributed by atoms with van der Waals surface area (Å²) in [7, 11) is -5.23. The van der Waals surface area contributed by atoms with Crippen LogP contribution in [0.3, 0.4) is 0 Å². The van der Waals surface area contributed by atoms with Crippen LogP contribution in [0.1, 0.15) is 129 Å². The maximum Gasteiger partial charge on any atom is 0.446 e. The number of unbranched alkanes of at least 4 members (excludes halogenated alkanes) is 12. The third-order valence-corrected chi connectivity index (χ3v) is 14.6. The Labute approximate surface area is 458 Å². The highest BCUT2D eigenvalue weighted by Gasteiger charge is 2.50. The molecule has 446 valence electrons. The van der Waals surface area contributed by atoms with Gasteiger partial charge in [-0.3, -0.25) is 42.9 Å². The second-order valence-corrected chi connectivity index (χ2v) is 21.7. The molecule has 16 N–H and O–H groups in total. The minimum Gasteiger partial charge on any atom is -0.504 e. The SMILES string of the molecule is CCCCCCCCCCCCCCCC(=O)N[C@H]1C[C@@H](O)[C@H](O)NC(=O)[C@H]2[C@H](O)[C@@H](C)CN2C(=O)[C@@H]([C@H](O)CC(N)=O)NC(=O)[C@H]([C@H](O)Cc2ccc(O)c(OS(=O)(=O)O)c2)NC(=O)[C@H]2C[C@H](O)CN2C(=O)[C@H](CO)NC1=O. The Morgan fingerprint density at radius 2 is 1.35 bits per heavy atom. The molecule has 0 unspecified atom stereocenters. The monoisotopic (exact) mass is 1140 g/mol. The molecule has 0 spiro atoms. The molecule has 4 rings (SSSR count). The van der Waals surface area contributed by atoms with Gasteiger partial charge in [0, 0.05) is 44.7 Å². The van der Waals surface area contributed by atoms with Gasteiger partial charge in [-0.1, -0.05) is 97.0 Å². The maximum absolute atomic E-state index is 14.5. The Morgan fingerprint density at radius 1 is 0.759 bits per heavy atom. The molecule has 79 heavy (non-hydrogen) atoms. The quantitative estimate of drug-likeness (QED) is 0.0353. The summed E-state index contributed by atoms with van der Waals surface area (Å²) >= 11 is 0. The van der Waals surface area contributed by atoms with Gasteiger partial charge in [-0.2, -0.15) is 8.42 Å². The Morgan fingerprint density at radius 3 is 1.94 bits per heavy atom. The zero-order valence-corrected chi connectivity index (χ0v) is 45.3. The molecular formula is C50H80N8O20S. The number of carbonyl (C=O) groups is 8. The first-order valence-corrected chi connectivity index (χ1v) is 28.2. The van der Waals surface area contributed by atoms with Crippen molar-refractivity contribution in [3.63, 3.8) is 0 Å². The number of carbonyl (C=O) groups excluding carboxylic acids is 8. The minimum atomic E-state index is -5.23.